The van der Waals surface area contributed by atoms with Gasteiger partial charge in [-0.1, -0.05) is 6.08 Å². The molecule has 0 rings (SSSR count). The number of hydrogen-bond donors (Lipinski definition) is 5. The van der Waals surface area contributed by atoms with E-state index in [1.807, 2.05) is 0 Å². The lowest BCUT2D eigenvalue weighted by atomic mass is 10.2. The fourth-order valence-electron chi connectivity index (χ4n) is 4.17. The van der Waals surface area contributed by atoms with Crippen molar-refractivity contribution in [3.63, 3.8) is 0 Å². The minimum Gasteiger partial charge on any atom is -0.439 e. The van der Waals surface area contributed by atoms with Gasteiger partial charge in [-0.05, 0) is 78.4 Å². The Bertz CT molecular complexity index is 604. The molecule has 36 heavy (non-hydrogen) atoms. The standard InChI is InChI=1S/C22H58N4O5Si5/c1-11-12-22(27)21-26-16-15-25-17-19-35(9,28-32(2)3)30-34(7,8)31-36(10,29-33(4,5)6)20-18-24-14-13-23/h11,22,24-27,32H,1,12-21,23H2,2-10H3. The third-order valence-electron chi connectivity index (χ3n) is 5.06. The van der Waals surface area contributed by atoms with E-state index in [4.69, 9.17) is 22.2 Å². The van der Waals surface area contributed by atoms with Gasteiger partial charge in [0, 0.05) is 44.8 Å². The molecule has 0 heterocycles. The Balaban J connectivity index is 5.04. The minimum atomic E-state index is -2.52. The highest BCUT2D eigenvalue weighted by Gasteiger charge is 2.47. The maximum Gasteiger partial charge on any atom is 0.317 e. The summed E-state index contributed by atoms with van der Waals surface area (Å²) < 4.78 is 27.0. The Morgan fingerprint density at radius 2 is 1.36 bits per heavy atom. The Morgan fingerprint density at radius 3 is 1.89 bits per heavy atom. The van der Waals surface area contributed by atoms with Crippen LogP contribution in [0.4, 0.5) is 0 Å². The lowest BCUT2D eigenvalue weighted by Gasteiger charge is -2.43. The van der Waals surface area contributed by atoms with Gasteiger partial charge in [-0.2, -0.15) is 0 Å². The van der Waals surface area contributed by atoms with E-state index < -0.39 is 43.0 Å². The van der Waals surface area contributed by atoms with Crippen LogP contribution in [0, 0.1) is 0 Å². The van der Waals surface area contributed by atoms with Crippen LogP contribution in [-0.4, -0.2) is 100 Å². The van der Waals surface area contributed by atoms with Crippen LogP contribution in [-0.2, 0) is 16.5 Å². The van der Waals surface area contributed by atoms with Crippen LogP contribution in [0.5, 0.6) is 0 Å². The molecule has 9 nitrogen and oxygen atoms in total. The Morgan fingerprint density at radius 1 is 0.833 bits per heavy atom. The second-order valence-electron chi connectivity index (χ2n) is 11.4. The summed E-state index contributed by atoms with van der Waals surface area (Å²) in [6.45, 7) is 28.7. The van der Waals surface area contributed by atoms with Crippen molar-refractivity contribution in [1.29, 1.82) is 0 Å². The van der Waals surface area contributed by atoms with Gasteiger partial charge in [0.2, 0.25) is 0 Å². The van der Waals surface area contributed by atoms with Crippen molar-refractivity contribution in [2.45, 2.75) is 83.5 Å². The van der Waals surface area contributed by atoms with Gasteiger partial charge in [-0.3, -0.25) is 0 Å². The normalized spacial score (nSPS) is 17.1. The molecule has 0 fully saturated rings. The summed E-state index contributed by atoms with van der Waals surface area (Å²) >= 11 is 0. The highest BCUT2D eigenvalue weighted by atomic mass is 28.5. The second-order valence-corrected chi connectivity index (χ2v) is 29.5. The molecule has 3 atom stereocenters. The third-order valence-corrected chi connectivity index (χ3v) is 22.8. The summed E-state index contributed by atoms with van der Waals surface area (Å²) in [4.78, 5) is 0. The number of aliphatic hydroxyl groups excluding tert-OH is 1. The van der Waals surface area contributed by atoms with E-state index in [-0.39, 0.29) is 6.10 Å². The van der Waals surface area contributed by atoms with E-state index in [2.05, 4.69) is 81.5 Å². The number of hydrogen-bond acceptors (Lipinski definition) is 9. The molecule has 6 N–H and O–H groups in total. The zero-order chi connectivity index (χ0) is 27.9. The molecule has 0 bridgehead atoms. The van der Waals surface area contributed by atoms with E-state index in [0.29, 0.717) is 19.5 Å². The number of rotatable bonds is 23. The highest BCUT2D eigenvalue weighted by Crippen LogP contribution is 2.28. The van der Waals surface area contributed by atoms with Gasteiger partial charge < -0.3 is 43.3 Å². The van der Waals surface area contributed by atoms with Crippen LogP contribution < -0.4 is 21.7 Å². The monoisotopic (exact) mass is 598 g/mol. The van der Waals surface area contributed by atoms with Crippen molar-refractivity contribution in [3.8, 4) is 0 Å². The maximum atomic E-state index is 9.77. The third kappa shape index (κ3) is 19.5. The summed E-state index contributed by atoms with van der Waals surface area (Å²) in [5, 5.41) is 19.9. The molecule has 0 spiro atoms. The van der Waals surface area contributed by atoms with E-state index in [0.717, 1.165) is 44.8 Å². The fraction of sp³-hybridized carbons (Fsp3) is 0.909. The van der Waals surface area contributed by atoms with Crippen LogP contribution in [0.15, 0.2) is 12.7 Å². The topological polar surface area (TPSA) is 119 Å². The largest absolute Gasteiger partial charge is 0.439 e. The van der Waals surface area contributed by atoms with Crippen molar-refractivity contribution >= 4 is 43.0 Å². The first-order valence-electron chi connectivity index (χ1n) is 13.4. The molecule has 3 unspecified atom stereocenters. The van der Waals surface area contributed by atoms with Gasteiger partial charge >= 0.3 is 25.7 Å². The van der Waals surface area contributed by atoms with Gasteiger partial charge in [0.05, 0.1) is 6.10 Å². The summed E-state index contributed by atoms with van der Waals surface area (Å²) in [6, 6.07) is 1.73. The highest BCUT2D eigenvalue weighted by molar-refractivity contribution is 6.89. The average Bonchev–Trinajstić information content (AvgIpc) is 2.67. The first-order valence-corrected chi connectivity index (χ1v) is 27.5. The van der Waals surface area contributed by atoms with E-state index in [9.17, 15) is 5.11 Å². The number of aliphatic hydroxyl groups is 1. The number of nitrogens with two attached hydrogens (primary N) is 1. The number of nitrogens with one attached hydrogen (secondary N) is 3. The molecule has 0 aliphatic carbocycles. The molecule has 0 saturated heterocycles. The molecule has 0 aromatic carbocycles. The van der Waals surface area contributed by atoms with Crippen molar-refractivity contribution in [2.75, 3.05) is 45.8 Å². The van der Waals surface area contributed by atoms with Crippen LogP contribution in [0.3, 0.4) is 0 Å². The van der Waals surface area contributed by atoms with Crippen molar-refractivity contribution < 1.29 is 21.6 Å². The summed E-state index contributed by atoms with van der Waals surface area (Å²) in [5.74, 6) is 0. The summed E-state index contributed by atoms with van der Waals surface area (Å²) in [6.07, 6.45) is 1.97. The molecule has 0 aliphatic rings. The van der Waals surface area contributed by atoms with Crippen LogP contribution in [0.2, 0.25) is 71.0 Å². The molecular weight excluding hydrogens is 541 g/mol. The Labute approximate surface area is 227 Å². The van der Waals surface area contributed by atoms with E-state index >= 15 is 0 Å². The van der Waals surface area contributed by atoms with Gasteiger partial charge in [-0.15, -0.1) is 6.58 Å². The predicted molar refractivity (Wildman–Crippen MR) is 165 cm³/mol. The minimum absolute atomic E-state index is 0.376. The van der Waals surface area contributed by atoms with E-state index in [1.165, 1.54) is 0 Å². The van der Waals surface area contributed by atoms with Gasteiger partial charge in [0.25, 0.3) is 0 Å². The molecule has 0 aromatic rings. The molecule has 0 radical (unpaired) electrons. The lowest BCUT2D eigenvalue weighted by Crippen LogP contribution is -2.59. The lowest BCUT2D eigenvalue weighted by molar-refractivity contribution is 0.175. The van der Waals surface area contributed by atoms with E-state index in [1.54, 1.807) is 6.08 Å². The molecule has 0 aliphatic heterocycles. The fourth-order valence-corrected chi connectivity index (χ4v) is 26.3. The maximum absolute atomic E-state index is 9.77. The van der Waals surface area contributed by atoms with Crippen LogP contribution >= 0.6 is 0 Å². The zero-order valence-electron chi connectivity index (χ0n) is 24.7. The summed E-state index contributed by atoms with van der Waals surface area (Å²) in [7, 11) is -10.5. The second kappa shape index (κ2) is 17.9. The first-order chi connectivity index (χ1) is 16.6. The smallest absolute Gasteiger partial charge is 0.317 e. The molecule has 0 aromatic heterocycles. The molecule has 0 saturated carbocycles. The van der Waals surface area contributed by atoms with Gasteiger partial charge in [-0.25, -0.2) is 0 Å². The van der Waals surface area contributed by atoms with Crippen LogP contribution in [0.25, 0.3) is 0 Å². The Kier molecular flexibility index (Phi) is 18.2. The van der Waals surface area contributed by atoms with Gasteiger partial charge in [0.15, 0.2) is 17.4 Å². The summed E-state index contributed by atoms with van der Waals surface area (Å²) in [5.41, 5.74) is 5.64. The quantitative estimate of drug-likeness (QED) is 0.0686. The van der Waals surface area contributed by atoms with Crippen molar-refractivity contribution in [3.05, 3.63) is 12.7 Å². The van der Waals surface area contributed by atoms with Crippen LogP contribution in [0.1, 0.15) is 6.42 Å². The Hall–Kier alpha value is 0.464. The zero-order valence-corrected chi connectivity index (χ0v) is 29.8. The van der Waals surface area contributed by atoms with Crippen molar-refractivity contribution in [1.82, 2.24) is 16.0 Å². The molecule has 0 amide bonds. The first kappa shape index (κ1) is 36.5. The molecule has 216 valence electrons. The predicted octanol–water partition coefficient (Wildman–Crippen LogP) is 2.38. The van der Waals surface area contributed by atoms with Crippen molar-refractivity contribution in [2.24, 2.45) is 5.73 Å². The average molecular weight is 599 g/mol. The molecular formula is C22H58N4O5Si5. The SMILES string of the molecule is C=CCC(O)CNCCNCC[Si](C)(O[SiH](C)C)O[Si](C)(C)O[Si](C)(CCNCCN)O[Si](C)(C)C. The molecule has 14 heteroatoms. The van der Waals surface area contributed by atoms with Gasteiger partial charge in [0.1, 0.15) is 0 Å².